The molecule has 0 spiro atoms. The molecule has 0 atom stereocenters. The summed E-state index contributed by atoms with van der Waals surface area (Å²) < 4.78 is 0. The second kappa shape index (κ2) is 6.75. The fourth-order valence-electron chi connectivity index (χ4n) is 2.62. The zero-order valence-electron chi connectivity index (χ0n) is 12.8. The Bertz CT molecular complexity index is 473. The molecule has 1 fully saturated rings. The molecule has 1 aromatic carbocycles. The number of nitrogens with zero attached hydrogens (tertiary/aromatic N) is 2. The third-order valence-electron chi connectivity index (χ3n) is 3.81. The maximum atomic E-state index is 12.1. The number of likely N-dealkylation sites (N-methyl/N-ethyl adjacent to an activating group) is 1. The van der Waals surface area contributed by atoms with Crippen LogP contribution in [-0.2, 0) is 11.3 Å². The lowest BCUT2D eigenvalue weighted by Crippen LogP contribution is -2.35. The first-order chi connectivity index (χ1) is 9.61. The maximum absolute atomic E-state index is 12.1. The molecule has 4 nitrogen and oxygen atoms in total. The van der Waals surface area contributed by atoms with Crippen LogP contribution < -0.4 is 10.2 Å². The lowest BCUT2D eigenvalue weighted by Gasteiger charge is -2.25. The minimum Gasteiger partial charge on any atom is -0.362 e. The van der Waals surface area contributed by atoms with Crippen molar-refractivity contribution in [2.75, 3.05) is 38.1 Å². The first kappa shape index (κ1) is 14.9. The Kier molecular flexibility index (Phi) is 5.01. The molecule has 0 saturated carbocycles. The summed E-state index contributed by atoms with van der Waals surface area (Å²) in [5, 5.41) is 3.38. The summed E-state index contributed by atoms with van der Waals surface area (Å²) in [5.41, 5.74) is 3.74. The number of carbonyl (C=O) groups excluding carboxylic acids is 1. The third-order valence-corrected chi connectivity index (χ3v) is 3.81. The van der Waals surface area contributed by atoms with Gasteiger partial charge < -0.3 is 15.1 Å². The molecule has 1 N–H and O–H groups in total. The van der Waals surface area contributed by atoms with Crippen LogP contribution in [0.25, 0.3) is 0 Å². The number of aryl methyl sites for hydroxylation is 1. The SMILES string of the molecule is CCNCc1cc(C)ccc1N1CCCN(C)C(=O)C1. The van der Waals surface area contributed by atoms with Gasteiger partial charge in [-0.3, -0.25) is 4.79 Å². The predicted octanol–water partition coefficient (Wildman–Crippen LogP) is 1.77. The highest BCUT2D eigenvalue weighted by Crippen LogP contribution is 2.23. The monoisotopic (exact) mass is 275 g/mol. The molecular formula is C16H25N3O. The van der Waals surface area contributed by atoms with E-state index in [1.807, 2.05) is 11.9 Å². The number of nitrogens with one attached hydrogen (secondary N) is 1. The van der Waals surface area contributed by atoms with E-state index in [0.29, 0.717) is 6.54 Å². The topological polar surface area (TPSA) is 35.6 Å². The highest BCUT2D eigenvalue weighted by molar-refractivity contribution is 5.82. The second-order valence-electron chi connectivity index (χ2n) is 5.50. The number of rotatable bonds is 4. The average Bonchev–Trinajstić information content (AvgIpc) is 2.59. The van der Waals surface area contributed by atoms with Crippen molar-refractivity contribution in [2.24, 2.45) is 0 Å². The molecule has 4 heteroatoms. The van der Waals surface area contributed by atoms with Crippen molar-refractivity contribution in [2.45, 2.75) is 26.8 Å². The van der Waals surface area contributed by atoms with Gasteiger partial charge in [-0.05, 0) is 31.5 Å². The largest absolute Gasteiger partial charge is 0.362 e. The highest BCUT2D eigenvalue weighted by atomic mass is 16.2. The number of hydrogen-bond acceptors (Lipinski definition) is 3. The van der Waals surface area contributed by atoms with Gasteiger partial charge in [0.2, 0.25) is 5.91 Å². The average molecular weight is 275 g/mol. The normalized spacial score (nSPS) is 16.4. The summed E-state index contributed by atoms with van der Waals surface area (Å²) >= 11 is 0. The van der Waals surface area contributed by atoms with Crippen LogP contribution in [0.2, 0.25) is 0 Å². The highest BCUT2D eigenvalue weighted by Gasteiger charge is 2.20. The maximum Gasteiger partial charge on any atom is 0.241 e. The van der Waals surface area contributed by atoms with Crippen LogP contribution in [0.3, 0.4) is 0 Å². The summed E-state index contributed by atoms with van der Waals surface area (Å²) in [6.45, 7) is 8.31. The first-order valence-corrected chi connectivity index (χ1v) is 7.41. The fourth-order valence-corrected chi connectivity index (χ4v) is 2.62. The Balaban J connectivity index is 2.23. The van der Waals surface area contributed by atoms with E-state index in [0.717, 1.165) is 32.6 Å². The summed E-state index contributed by atoms with van der Waals surface area (Å²) in [7, 11) is 1.89. The van der Waals surface area contributed by atoms with Crippen LogP contribution in [0.15, 0.2) is 18.2 Å². The van der Waals surface area contributed by atoms with E-state index < -0.39 is 0 Å². The molecule has 20 heavy (non-hydrogen) atoms. The second-order valence-corrected chi connectivity index (χ2v) is 5.50. The van der Waals surface area contributed by atoms with Gasteiger partial charge in [-0.2, -0.15) is 0 Å². The molecule has 0 aromatic heterocycles. The first-order valence-electron chi connectivity index (χ1n) is 7.41. The van der Waals surface area contributed by atoms with Gasteiger partial charge >= 0.3 is 0 Å². The number of benzene rings is 1. The minimum atomic E-state index is 0.206. The Morgan fingerprint density at radius 1 is 1.30 bits per heavy atom. The van der Waals surface area contributed by atoms with Gasteiger partial charge in [0.15, 0.2) is 0 Å². The molecule has 2 rings (SSSR count). The van der Waals surface area contributed by atoms with Crippen LogP contribution in [0.5, 0.6) is 0 Å². The van der Waals surface area contributed by atoms with E-state index in [1.54, 1.807) is 0 Å². The van der Waals surface area contributed by atoms with Crippen LogP contribution in [0.1, 0.15) is 24.5 Å². The molecule has 1 aromatic rings. The van der Waals surface area contributed by atoms with Crippen molar-refractivity contribution >= 4 is 11.6 Å². The van der Waals surface area contributed by atoms with E-state index in [-0.39, 0.29) is 5.91 Å². The molecule has 110 valence electrons. The minimum absolute atomic E-state index is 0.206. The number of carbonyl (C=O) groups is 1. The summed E-state index contributed by atoms with van der Waals surface area (Å²) in [6, 6.07) is 6.50. The van der Waals surface area contributed by atoms with Crippen molar-refractivity contribution in [3.8, 4) is 0 Å². The zero-order valence-corrected chi connectivity index (χ0v) is 12.8. The van der Waals surface area contributed by atoms with Crippen LogP contribution in [0.4, 0.5) is 5.69 Å². The van der Waals surface area contributed by atoms with Gasteiger partial charge in [0.05, 0.1) is 6.54 Å². The Morgan fingerprint density at radius 3 is 2.85 bits per heavy atom. The van der Waals surface area contributed by atoms with Gasteiger partial charge in [-0.25, -0.2) is 0 Å². The number of hydrogen-bond donors (Lipinski definition) is 1. The molecule has 1 saturated heterocycles. The van der Waals surface area contributed by atoms with Gasteiger partial charge in [0.1, 0.15) is 0 Å². The fraction of sp³-hybridized carbons (Fsp3) is 0.562. The van der Waals surface area contributed by atoms with E-state index in [2.05, 4.69) is 42.3 Å². The van der Waals surface area contributed by atoms with Crippen molar-refractivity contribution in [1.29, 1.82) is 0 Å². The van der Waals surface area contributed by atoms with Crippen molar-refractivity contribution in [1.82, 2.24) is 10.2 Å². The molecule has 0 aliphatic carbocycles. The number of amides is 1. The van der Waals surface area contributed by atoms with Crippen LogP contribution in [0, 0.1) is 6.92 Å². The zero-order chi connectivity index (χ0) is 14.5. The smallest absolute Gasteiger partial charge is 0.241 e. The van der Waals surface area contributed by atoms with Crippen LogP contribution >= 0.6 is 0 Å². The van der Waals surface area contributed by atoms with Crippen molar-refractivity contribution in [3.05, 3.63) is 29.3 Å². The van der Waals surface area contributed by atoms with Gasteiger partial charge in [-0.15, -0.1) is 0 Å². The Morgan fingerprint density at radius 2 is 2.10 bits per heavy atom. The molecule has 0 bridgehead atoms. The predicted molar refractivity (Wildman–Crippen MR) is 83.0 cm³/mol. The molecule has 0 radical (unpaired) electrons. The lowest BCUT2D eigenvalue weighted by molar-refractivity contribution is -0.127. The standard InChI is InChI=1S/C16H25N3O/c1-4-17-11-14-10-13(2)6-7-15(14)19-9-5-8-18(3)16(20)12-19/h6-7,10,17H,4-5,8-9,11-12H2,1-3H3. The Labute approximate surface area is 121 Å². The van der Waals surface area contributed by atoms with E-state index in [4.69, 9.17) is 0 Å². The van der Waals surface area contributed by atoms with E-state index in [9.17, 15) is 4.79 Å². The third kappa shape index (κ3) is 3.51. The molecule has 0 unspecified atom stereocenters. The van der Waals surface area contributed by atoms with Crippen molar-refractivity contribution in [3.63, 3.8) is 0 Å². The van der Waals surface area contributed by atoms with Gasteiger partial charge in [0.25, 0.3) is 0 Å². The summed E-state index contributed by atoms with van der Waals surface area (Å²) in [4.78, 5) is 16.1. The van der Waals surface area contributed by atoms with Crippen LogP contribution in [-0.4, -0.2) is 44.0 Å². The summed E-state index contributed by atoms with van der Waals surface area (Å²) in [5.74, 6) is 0.206. The molecular weight excluding hydrogens is 250 g/mol. The number of anilines is 1. The lowest BCUT2D eigenvalue weighted by atomic mass is 10.1. The molecule has 1 amide bonds. The molecule has 1 heterocycles. The van der Waals surface area contributed by atoms with Crippen molar-refractivity contribution < 1.29 is 4.79 Å². The molecule has 1 aliphatic rings. The quantitative estimate of drug-likeness (QED) is 0.910. The summed E-state index contributed by atoms with van der Waals surface area (Å²) in [6.07, 6.45) is 1.02. The van der Waals surface area contributed by atoms with E-state index >= 15 is 0 Å². The van der Waals surface area contributed by atoms with Gasteiger partial charge in [-0.1, -0.05) is 24.6 Å². The van der Waals surface area contributed by atoms with E-state index in [1.165, 1.54) is 16.8 Å². The molecule has 1 aliphatic heterocycles. The van der Waals surface area contributed by atoms with Gasteiger partial charge in [0, 0.05) is 32.4 Å². The Hall–Kier alpha value is -1.55.